The summed E-state index contributed by atoms with van der Waals surface area (Å²) in [5.74, 6) is 1.42. The fourth-order valence-corrected chi connectivity index (χ4v) is 7.46. The summed E-state index contributed by atoms with van der Waals surface area (Å²) in [7, 11) is 0. The highest BCUT2D eigenvalue weighted by Crippen LogP contribution is 2.43. The molecule has 0 bridgehead atoms. The zero-order valence-corrected chi connectivity index (χ0v) is 27.5. The average molecular weight is 677 g/mol. The molecular formula is C32H44Br2N4O2. The summed E-state index contributed by atoms with van der Waals surface area (Å²) in [5, 5.41) is 3.67. The first kappa shape index (κ1) is 30.9. The normalized spacial score (nSPS) is 21.3. The van der Waals surface area contributed by atoms with E-state index in [0.29, 0.717) is 25.4 Å². The van der Waals surface area contributed by atoms with Crippen molar-refractivity contribution in [2.75, 3.05) is 26.2 Å². The molecule has 1 aliphatic carbocycles. The van der Waals surface area contributed by atoms with Crippen LogP contribution < -0.4 is 11.1 Å². The molecule has 1 atom stereocenters. The second kappa shape index (κ2) is 13.7. The van der Waals surface area contributed by atoms with E-state index in [1.54, 1.807) is 4.90 Å². The number of urea groups is 1. The highest BCUT2D eigenvalue weighted by atomic mass is 79.9. The van der Waals surface area contributed by atoms with Crippen molar-refractivity contribution in [1.82, 2.24) is 15.1 Å². The smallest absolute Gasteiger partial charge is 0.314 e. The third-order valence-electron chi connectivity index (χ3n) is 8.13. The number of fused-ring (bicyclic) bond motifs is 2. The van der Waals surface area contributed by atoms with E-state index in [9.17, 15) is 9.59 Å². The number of piperidine rings is 2. The molecule has 3 amide bonds. The lowest BCUT2D eigenvalue weighted by atomic mass is 9.84. The predicted molar refractivity (Wildman–Crippen MR) is 171 cm³/mol. The Morgan fingerprint density at radius 3 is 2.27 bits per heavy atom. The number of halogens is 2. The lowest BCUT2D eigenvalue weighted by molar-refractivity contribution is -0.132. The minimum absolute atomic E-state index is 0.166. The van der Waals surface area contributed by atoms with E-state index in [1.165, 1.54) is 33.4 Å². The number of nitrogens with zero attached hydrogens (tertiary/aromatic N) is 2. The molecule has 218 valence electrons. The van der Waals surface area contributed by atoms with Crippen molar-refractivity contribution in [3.8, 4) is 0 Å². The Morgan fingerprint density at radius 1 is 1.00 bits per heavy atom. The molecule has 0 spiro atoms. The number of benzene rings is 1. The zero-order valence-electron chi connectivity index (χ0n) is 24.4. The third-order valence-corrected chi connectivity index (χ3v) is 9.21. The summed E-state index contributed by atoms with van der Waals surface area (Å²) in [5.41, 5.74) is 13.7. The quantitative estimate of drug-likeness (QED) is 0.353. The van der Waals surface area contributed by atoms with Crippen molar-refractivity contribution in [3.63, 3.8) is 0 Å². The summed E-state index contributed by atoms with van der Waals surface area (Å²) in [6.45, 7) is 11.5. The molecule has 2 saturated heterocycles. The van der Waals surface area contributed by atoms with Crippen LogP contribution in [0.1, 0.15) is 76.0 Å². The van der Waals surface area contributed by atoms with Crippen LogP contribution in [0, 0.1) is 18.8 Å². The van der Waals surface area contributed by atoms with Crippen molar-refractivity contribution in [2.45, 2.75) is 78.7 Å². The van der Waals surface area contributed by atoms with Gasteiger partial charge in [0.2, 0.25) is 5.91 Å². The van der Waals surface area contributed by atoms with E-state index in [2.05, 4.69) is 89.3 Å². The molecule has 3 N–H and O–H groups in total. The van der Waals surface area contributed by atoms with E-state index in [-0.39, 0.29) is 18.0 Å². The van der Waals surface area contributed by atoms with Gasteiger partial charge in [0.25, 0.3) is 0 Å². The number of amides is 3. The fourth-order valence-electron chi connectivity index (χ4n) is 6.20. The third kappa shape index (κ3) is 7.61. The van der Waals surface area contributed by atoms with Gasteiger partial charge in [-0.05, 0) is 113 Å². The summed E-state index contributed by atoms with van der Waals surface area (Å²) < 4.78 is 2.25. The van der Waals surface area contributed by atoms with Crippen LogP contribution in [0.5, 0.6) is 0 Å². The van der Waals surface area contributed by atoms with Crippen LogP contribution in [0.25, 0.3) is 5.57 Å². The molecule has 2 fully saturated rings. The van der Waals surface area contributed by atoms with Crippen molar-refractivity contribution < 1.29 is 9.59 Å². The van der Waals surface area contributed by atoms with E-state index in [0.717, 1.165) is 66.5 Å². The molecule has 3 aliphatic heterocycles. The van der Waals surface area contributed by atoms with Gasteiger partial charge in [-0.1, -0.05) is 48.3 Å². The van der Waals surface area contributed by atoms with Gasteiger partial charge < -0.3 is 20.9 Å². The maximum Gasteiger partial charge on any atom is 0.314 e. The Morgan fingerprint density at radius 2 is 1.65 bits per heavy atom. The number of primary amides is 1. The first-order valence-corrected chi connectivity index (χ1v) is 16.3. The van der Waals surface area contributed by atoms with Crippen molar-refractivity contribution >= 4 is 49.4 Å². The van der Waals surface area contributed by atoms with E-state index in [1.807, 2.05) is 4.90 Å². The molecule has 5 rings (SSSR count). The maximum atomic E-state index is 13.1. The Kier molecular flexibility index (Phi) is 10.6. The average Bonchev–Trinajstić information content (AvgIpc) is 3.05. The molecule has 8 heteroatoms. The van der Waals surface area contributed by atoms with E-state index in [4.69, 9.17) is 5.73 Å². The van der Waals surface area contributed by atoms with Crippen molar-refractivity contribution in [2.24, 2.45) is 17.6 Å². The fraction of sp³-hybridized carbons (Fsp3) is 0.562. The van der Waals surface area contributed by atoms with Crippen LogP contribution in [-0.4, -0.2) is 54.0 Å². The standard InChI is InChI=1S/C28H34Br2N4O2.C4H10/c1-17-12-20-2-3-21-15-22(29)16-32-27(21)26(25(20)23(30)13-17)19-6-10-33(11-7-19)24(35)14-18-4-8-34(9-5-18)28(31)36;1-4(2)3/h12-13,15-16,18,27,32H,2-11,14H2,1H3,(H2,31,36);4H,1-3H3. The van der Waals surface area contributed by atoms with Crippen LogP contribution in [0.4, 0.5) is 4.79 Å². The molecule has 0 radical (unpaired) electrons. The molecule has 4 aliphatic rings. The Bertz CT molecular complexity index is 1200. The number of allylic oxidation sites excluding steroid dienone is 2. The second-order valence-electron chi connectivity index (χ2n) is 12.2. The van der Waals surface area contributed by atoms with Gasteiger partial charge in [-0.2, -0.15) is 0 Å². The van der Waals surface area contributed by atoms with Gasteiger partial charge in [-0.25, -0.2) is 4.79 Å². The second-order valence-corrected chi connectivity index (χ2v) is 14.0. The summed E-state index contributed by atoms with van der Waals surface area (Å²) >= 11 is 7.56. The molecule has 0 aromatic heterocycles. The van der Waals surface area contributed by atoms with Crippen LogP contribution in [0.15, 0.2) is 44.5 Å². The van der Waals surface area contributed by atoms with Gasteiger partial charge in [-0.15, -0.1) is 0 Å². The van der Waals surface area contributed by atoms with Crippen LogP contribution >= 0.6 is 31.9 Å². The van der Waals surface area contributed by atoms with Gasteiger partial charge >= 0.3 is 6.03 Å². The number of carbonyl (C=O) groups excluding carboxylic acids is 2. The Hall–Kier alpha value is -2.06. The van der Waals surface area contributed by atoms with Gasteiger partial charge in [0.05, 0.1) is 6.04 Å². The SMILES string of the molecule is CC(C)C.Cc1cc(Br)c2c(c1)CCC1=CC(Br)=CNC1C2=C1CCN(C(=O)CC2CCN(C(N)=O)CC2)CC1. The van der Waals surface area contributed by atoms with E-state index >= 15 is 0 Å². The van der Waals surface area contributed by atoms with Crippen LogP contribution in [0.2, 0.25) is 0 Å². The largest absolute Gasteiger partial charge is 0.379 e. The molecule has 1 aromatic rings. The van der Waals surface area contributed by atoms with Gasteiger partial charge in [0.15, 0.2) is 0 Å². The molecule has 3 heterocycles. The molecule has 40 heavy (non-hydrogen) atoms. The molecule has 0 saturated carbocycles. The Labute approximate surface area is 256 Å². The van der Waals surface area contributed by atoms with Crippen LogP contribution in [-0.2, 0) is 11.2 Å². The minimum Gasteiger partial charge on any atom is -0.379 e. The zero-order chi connectivity index (χ0) is 29.0. The van der Waals surface area contributed by atoms with Gasteiger partial charge in [0.1, 0.15) is 0 Å². The van der Waals surface area contributed by atoms with Crippen LogP contribution in [0.3, 0.4) is 0 Å². The highest BCUT2D eigenvalue weighted by molar-refractivity contribution is 9.12. The van der Waals surface area contributed by atoms with Crippen molar-refractivity contribution in [3.05, 3.63) is 61.2 Å². The van der Waals surface area contributed by atoms with E-state index < -0.39 is 0 Å². The maximum absolute atomic E-state index is 13.1. The molecular weight excluding hydrogens is 632 g/mol. The number of rotatable bonds is 2. The molecule has 1 aromatic carbocycles. The lowest BCUT2D eigenvalue weighted by Crippen LogP contribution is -2.43. The predicted octanol–water partition coefficient (Wildman–Crippen LogP) is 7.06. The van der Waals surface area contributed by atoms with Crippen molar-refractivity contribution in [1.29, 1.82) is 0 Å². The summed E-state index contributed by atoms with van der Waals surface area (Å²) in [6, 6.07) is 4.37. The first-order valence-electron chi connectivity index (χ1n) is 14.7. The lowest BCUT2D eigenvalue weighted by Gasteiger charge is -2.35. The molecule has 6 nitrogen and oxygen atoms in total. The Balaban J connectivity index is 0.000000867. The number of carbonyl (C=O) groups is 2. The number of aryl methyl sites for hydroxylation is 2. The number of nitrogens with one attached hydrogen (secondary N) is 1. The number of hydrogen-bond acceptors (Lipinski definition) is 3. The highest BCUT2D eigenvalue weighted by Gasteiger charge is 2.33. The topological polar surface area (TPSA) is 78.7 Å². The number of dihydropyridines is 1. The monoisotopic (exact) mass is 674 g/mol. The number of likely N-dealkylation sites (tertiary alicyclic amines) is 2. The first-order chi connectivity index (χ1) is 19.0. The van der Waals surface area contributed by atoms with Gasteiger partial charge in [0, 0.05) is 47.8 Å². The number of hydrogen-bond donors (Lipinski definition) is 2. The molecule has 1 unspecified atom stereocenters. The minimum atomic E-state index is -0.355. The van der Waals surface area contributed by atoms with Gasteiger partial charge in [-0.3, -0.25) is 4.79 Å². The summed E-state index contributed by atoms with van der Waals surface area (Å²) in [6.07, 6.45) is 10.5. The summed E-state index contributed by atoms with van der Waals surface area (Å²) in [4.78, 5) is 28.3. The number of nitrogens with two attached hydrogens (primary N) is 1.